The Morgan fingerprint density at radius 2 is 2.00 bits per heavy atom. The number of rotatable bonds is 3. The van der Waals surface area contributed by atoms with Crippen molar-refractivity contribution in [3.05, 3.63) is 46.2 Å². The van der Waals surface area contributed by atoms with Gasteiger partial charge in [0.1, 0.15) is 0 Å². The summed E-state index contributed by atoms with van der Waals surface area (Å²) >= 11 is 0. The summed E-state index contributed by atoms with van der Waals surface area (Å²) in [6.07, 6.45) is 2.04. The molecule has 0 bridgehead atoms. The van der Waals surface area contributed by atoms with Crippen molar-refractivity contribution in [2.45, 2.75) is 25.9 Å². The molecule has 4 nitrogen and oxygen atoms in total. The van der Waals surface area contributed by atoms with Gasteiger partial charge in [-0.2, -0.15) is 0 Å². The number of para-hydroxylation sites is 1. The number of nitrogens with zero attached hydrogens (tertiary/aromatic N) is 1. The van der Waals surface area contributed by atoms with Gasteiger partial charge in [-0.3, -0.25) is 4.79 Å². The fourth-order valence-electron chi connectivity index (χ4n) is 2.90. The standard InChI is InChI=1S/C16H20N2O2/c17-10-14-9-13-3-1-2-4-15(13)18(16(14)19)11-12-5-7-20-8-6-12/h1-4,9,12H,5-8,10-11,17H2. The van der Waals surface area contributed by atoms with E-state index in [0.717, 1.165) is 43.5 Å². The molecule has 1 saturated heterocycles. The van der Waals surface area contributed by atoms with Crippen molar-refractivity contribution >= 4 is 10.9 Å². The Morgan fingerprint density at radius 3 is 2.75 bits per heavy atom. The molecule has 0 unspecified atom stereocenters. The van der Waals surface area contributed by atoms with Gasteiger partial charge in [-0.1, -0.05) is 18.2 Å². The zero-order valence-electron chi connectivity index (χ0n) is 11.5. The molecule has 20 heavy (non-hydrogen) atoms. The first-order chi connectivity index (χ1) is 9.79. The van der Waals surface area contributed by atoms with Crippen LogP contribution in [0, 0.1) is 5.92 Å². The van der Waals surface area contributed by atoms with Crippen LogP contribution in [0.4, 0.5) is 0 Å². The summed E-state index contributed by atoms with van der Waals surface area (Å²) in [6.45, 7) is 2.65. The first-order valence-corrected chi connectivity index (χ1v) is 7.19. The molecule has 0 amide bonds. The van der Waals surface area contributed by atoms with Crippen LogP contribution in [0.1, 0.15) is 18.4 Å². The molecule has 1 fully saturated rings. The van der Waals surface area contributed by atoms with E-state index >= 15 is 0 Å². The van der Waals surface area contributed by atoms with E-state index < -0.39 is 0 Å². The van der Waals surface area contributed by atoms with Crippen molar-refractivity contribution in [1.29, 1.82) is 0 Å². The zero-order valence-corrected chi connectivity index (χ0v) is 11.5. The third-order valence-electron chi connectivity index (χ3n) is 4.08. The lowest BCUT2D eigenvalue weighted by Gasteiger charge is -2.24. The second-order valence-corrected chi connectivity index (χ2v) is 5.40. The van der Waals surface area contributed by atoms with Gasteiger partial charge in [-0.05, 0) is 36.3 Å². The third-order valence-corrected chi connectivity index (χ3v) is 4.08. The maximum absolute atomic E-state index is 12.5. The van der Waals surface area contributed by atoms with Crippen LogP contribution >= 0.6 is 0 Å². The van der Waals surface area contributed by atoms with E-state index in [-0.39, 0.29) is 12.1 Å². The smallest absolute Gasteiger partial charge is 0.255 e. The van der Waals surface area contributed by atoms with Gasteiger partial charge in [0.15, 0.2) is 0 Å². The maximum atomic E-state index is 12.5. The molecule has 0 saturated carbocycles. The number of aromatic nitrogens is 1. The average Bonchev–Trinajstić information content (AvgIpc) is 2.51. The summed E-state index contributed by atoms with van der Waals surface area (Å²) in [7, 11) is 0. The minimum absolute atomic E-state index is 0.0534. The first-order valence-electron chi connectivity index (χ1n) is 7.19. The molecule has 106 valence electrons. The highest BCUT2D eigenvalue weighted by atomic mass is 16.5. The molecular formula is C16H20N2O2. The molecule has 0 atom stereocenters. The number of pyridine rings is 1. The van der Waals surface area contributed by atoms with Gasteiger partial charge in [-0.15, -0.1) is 0 Å². The summed E-state index contributed by atoms with van der Waals surface area (Å²) in [6, 6.07) is 9.93. The Kier molecular flexibility index (Phi) is 3.85. The van der Waals surface area contributed by atoms with E-state index in [1.54, 1.807) is 0 Å². The van der Waals surface area contributed by atoms with Crippen LogP contribution in [0.15, 0.2) is 35.1 Å². The Morgan fingerprint density at radius 1 is 1.25 bits per heavy atom. The number of ether oxygens (including phenoxy) is 1. The van der Waals surface area contributed by atoms with Gasteiger partial charge in [-0.25, -0.2) is 0 Å². The van der Waals surface area contributed by atoms with Crippen LogP contribution in [0.25, 0.3) is 10.9 Å². The molecule has 2 heterocycles. The number of nitrogens with two attached hydrogens (primary N) is 1. The van der Waals surface area contributed by atoms with Crippen molar-refractivity contribution in [3.8, 4) is 0 Å². The molecule has 4 heteroatoms. The topological polar surface area (TPSA) is 57.2 Å². The molecule has 2 aromatic rings. The minimum Gasteiger partial charge on any atom is -0.381 e. The molecule has 0 aliphatic carbocycles. The third kappa shape index (κ3) is 2.49. The van der Waals surface area contributed by atoms with E-state index in [1.807, 2.05) is 34.9 Å². The first kappa shape index (κ1) is 13.3. The van der Waals surface area contributed by atoms with Crippen LogP contribution < -0.4 is 11.3 Å². The Bertz CT molecular complexity index is 657. The van der Waals surface area contributed by atoms with E-state index in [9.17, 15) is 4.79 Å². The van der Waals surface area contributed by atoms with Gasteiger partial charge in [0.05, 0.1) is 5.52 Å². The Hall–Kier alpha value is -1.65. The van der Waals surface area contributed by atoms with Gasteiger partial charge in [0.2, 0.25) is 0 Å². The van der Waals surface area contributed by atoms with E-state index in [1.165, 1.54) is 0 Å². The van der Waals surface area contributed by atoms with Gasteiger partial charge >= 0.3 is 0 Å². The molecule has 3 rings (SSSR count). The molecule has 1 aliphatic heterocycles. The van der Waals surface area contributed by atoms with Crippen LogP contribution in [0.5, 0.6) is 0 Å². The van der Waals surface area contributed by atoms with Crippen molar-refractivity contribution < 1.29 is 4.74 Å². The van der Waals surface area contributed by atoms with Crippen LogP contribution in [0.3, 0.4) is 0 Å². The largest absolute Gasteiger partial charge is 0.381 e. The fourth-order valence-corrected chi connectivity index (χ4v) is 2.90. The summed E-state index contributed by atoms with van der Waals surface area (Å²) in [5.74, 6) is 0.512. The number of hydrogen-bond acceptors (Lipinski definition) is 3. The predicted molar refractivity (Wildman–Crippen MR) is 79.6 cm³/mol. The highest BCUT2D eigenvalue weighted by Crippen LogP contribution is 2.20. The molecule has 1 aromatic carbocycles. The normalized spacial score (nSPS) is 16.6. The summed E-state index contributed by atoms with van der Waals surface area (Å²) in [4.78, 5) is 12.5. The SMILES string of the molecule is NCc1cc2ccccc2n(CC2CCOCC2)c1=O. The Labute approximate surface area is 118 Å². The number of fused-ring (bicyclic) bond motifs is 1. The second-order valence-electron chi connectivity index (χ2n) is 5.40. The van der Waals surface area contributed by atoms with Gasteiger partial charge < -0.3 is 15.0 Å². The molecule has 0 radical (unpaired) electrons. The van der Waals surface area contributed by atoms with Crippen LogP contribution in [-0.2, 0) is 17.8 Å². The van der Waals surface area contributed by atoms with Crippen molar-refractivity contribution in [1.82, 2.24) is 4.57 Å². The number of hydrogen-bond donors (Lipinski definition) is 1. The van der Waals surface area contributed by atoms with Crippen LogP contribution in [-0.4, -0.2) is 17.8 Å². The van der Waals surface area contributed by atoms with Gasteiger partial charge in [0, 0.05) is 31.9 Å². The molecule has 2 N–H and O–H groups in total. The van der Waals surface area contributed by atoms with E-state index in [0.29, 0.717) is 11.5 Å². The molecular weight excluding hydrogens is 252 g/mol. The summed E-state index contributed by atoms with van der Waals surface area (Å²) in [5, 5.41) is 1.08. The molecule has 1 aromatic heterocycles. The Balaban J connectivity index is 2.06. The van der Waals surface area contributed by atoms with E-state index in [2.05, 4.69) is 0 Å². The van der Waals surface area contributed by atoms with Gasteiger partial charge in [0.25, 0.3) is 5.56 Å². The second kappa shape index (κ2) is 5.77. The van der Waals surface area contributed by atoms with E-state index in [4.69, 9.17) is 10.5 Å². The fraction of sp³-hybridized carbons (Fsp3) is 0.438. The highest BCUT2D eigenvalue weighted by Gasteiger charge is 2.17. The monoisotopic (exact) mass is 272 g/mol. The van der Waals surface area contributed by atoms with Crippen LogP contribution in [0.2, 0.25) is 0 Å². The lowest BCUT2D eigenvalue weighted by atomic mass is 9.99. The zero-order chi connectivity index (χ0) is 13.9. The summed E-state index contributed by atoms with van der Waals surface area (Å²) in [5.41, 5.74) is 7.46. The quantitative estimate of drug-likeness (QED) is 0.928. The lowest BCUT2D eigenvalue weighted by molar-refractivity contribution is 0.0613. The van der Waals surface area contributed by atoms with Crippen molar-refractivity contribution in [3.63, 3.8) is 0 Å². The highest BCUT2D eigenvalue weighted by molar-refractivity contribution is 5.79. The number of benzene rings is 1. The minimum atomic E-state index is 0.0534. The van der Waals surface area contributed by atoms with Crippen molar-refractivity contribution in [2.75, 3.05) is 13.2 Å². The van der Waals surface area contributed by atoms with Crippen molar-refractivity contribution in [2.24, 2.45) is 11.7 Å². The predicted octanol–water partition coefficient (Wildman–Crippen LogP) is 1.89. The molecule has 1 aliphatic rings. The maximum Gasteiger partial charge on any atom is 0.255 e. The summed E-state index contributed by atoms with van der Waals surface area (Å²) < 4.78 is 7.29. The average molecular weight is 272 g/mol. The lowest BCUT2D eigenvalue weighted by Crippen LogP contribution is -2.30. The molecule has 0 spiro atoms.